The van der Waals surface area contributed by atoms with Gasteiger partial charge in [0, 0.05) is 54.2 Å². The number of benzene rings is 3. The van der Waals surface area contributed by atoms with Gasteiger partial charge in [-0.05, 0) is 54.1 Å². The number of H-pyrrole nitrogens is 1. The highest BCUT2D eigenvalue weighted by molar-refractivity contribution is 7.99. The van der Waals surface area contributed by atoms with Crippen LogP contribution in [-0.2, 0) is 6.54 Å². The summed E-state index contributed by atoms with van der Waals surface area (Å²) in [5, 5.41) is 0.993. The minimum atomic E-state index is -0.847. The fraction of sp³-hybridized carbons (Fsp3) is 0.192. The lowest BCUT2D eigenvalue weighted by atomic mass is 10.1. The SMILES string of the molecule is NC(=O)Oc1[nH]c2ccc(CN3CCN(c4ccc(F)cc4)CC3)cc2c1Sc1ccccc1. The monoisotopic (exact) mass is 476 g/mol. The van der Waals surface area contributed by atoms with E-state index in [9.17, 15) is 9.18 Å². The van der Waals surface area contributed by atoms with Crippen LogP contribution in [0.5, 0.6) is 5.88 Å². The highest BCUT2D eigenvalue weighted by atomic mass is 32.2. The number of aromatic amines is 1. The predicted octanol–water partition coefficient (Wildman–Crippen LogP) is 5.24. The van der Waals surface area contributed by atoms with E-state index in [1.165, 1.54) is 29.5 Å². The summed E-state index contributed by atoms with van der Waals surface area (Å²) < 4.78 is 18.5. The first-order valence-electron chi connectivity index (χ1n) is 11.1. The van der Waals surface area contributed by atoms with Gasteiger partial charge in [0.1, 0.15) is 5.82 Å². The molecule has 1 fully saturated rings. The molecule has 1 aliphatic heterocycles. The smallest absolute Gasteiger partial charge is 0.392 e. The number of rotatable bonds is 6. The van der Waals surface area contributed by atoms with Crippen LogP contribution in [0.1, 0.15) is 5.56 Å². The highest BCUT2D eigenvalue weighted by Gasteiger charge is 2.20. The molecule has 0 aliphatic carbocycles. The van der Waals surface area contributed by atoms with Crippen LogP contribution in [0.25, 0.3) is 10.9 Å². The lowest BCUT2D eigenvalue weighted by molar-refractivity contribution is 0.208. The lowest BCUT2D eigenvalue weighted by Crippen LogP contribution is -2.45. The van der Waals surface area contributed by atoms with Crippen molar-refractivity contribution in [1.29, 1.82) is 0 Å². The third-order valence-electron chi connectivity index (χ3n) is 5.92. The van der Waals surface area contributed by atoms with Crippen LogP contribution in [0.4, 0.5) is 14.9 Å². The number of nitrogens with one attached hydrogen (secondary N) is 1. The second-order valence-corrected chi connectivity index (χ2v) is 9.32. The molecule has 0 unspecified atom stereocenters. The number of hydrogen-bond acceptors (Lipinski definition) is 5. The molecule has 5 rings (SSSR count). The molecule has 174 valence electrons. The van der Waals surface area contributed by atoms with E-state index < -0.39 is 6.09 Å². The van der Waals surface area contributed by atoms with E-state index in [4.69, 9.17) is 10.5 Å². The van der Waals surface area contributed by atoms with Gasteiger partial charge in [0.05, 0.1) is 4.90 Å². The number of nitrogens with two attached hydrogens (primary N) is 1. The number of nitrogens with zero attached hydrogens (tertiary/aromatic N) is 2. The predicted molar refractivity (Wildman–Crippen MR) is 133 cm³/mol. The number of amides is 1. The number of hydrogen-bond donors (Lipinski definition) is 2. The molecule has 8 heteroatoms. The largest absolute Gasteiger partial charge is 0.411 e. The first-order chi connectivity index (χ1) is 16.5. The van der Waals surface area contributed by atoms with Gasteiger partial charge in [-0.15, -0.1) is 0 Å². The molecule has 3 aromatic carbocycles. The Morgan fingerprint density at radius 2 is 1.74 bits per heavy atom. The number of ether oxygens (including phenoxy) is 1. The van der Waals surface area contributed by atoms with E-state index >= 15 is 0 Å². The molecule has 0 radical (unpaired) electrons. The van der Waals surface area contributed by atoms with E-state index in [0.717, 1.165) is 59.1 Å². The number of carbonyl (C=O) groups is 1. The Balaban J connectivity index is 1.33. The fourth-order valence-electron chi connectivity index (χ4n) is 4.24. The molecule has 0 spiro atoms. The maximum Gasteiger partial charge on any atom is 0.411 e. The molecule has 0 saturated carbocycles. The minimum Gasteiger partial charge on any atom is -0.392 e. The van der Waals surface area contributed by atoms with Gasteiger partial charge >= 0.3 is 6.09 Å². The molecule has 3 N–H and O–H groups in total. The van der Waals surface area contributed by atoms with Crippen molar-refractivity contribution < 1.29 is 13.9 Å². The van der Waals surface area contributed by atoms with Crippen LogP contribution in [0.3, 0.4) is 0 Å². The van der Waals surface area contributed by atoms with Crippen LogP contribution in [0.2, 0.25) is 0 Å². The number of piperazine rings is 1. The van der Waals surface area contributed by atoms with Crippen molar-refractivity contribution in [3.63, 3.8) is 0 Å². The Morgan fingerprint density at radius 1 is 1.00 bits per heavy atom. The van der Waals surface area contributed by atoms with Crippen LogP contribution in [0, 0.1) is 5.82 Å². The Kier molecular flexibility index (Phi) is 6.42. The Labute approximate surface area is 201 Å². The lowest BCUT2D eigenvalue weighted by Gasteiger charge is -2.36. The normalized spacial score (nSPS) is 14.4. The average Bonchev–Trinajstić information content (AvgIpc) is 3.16. The molecule has 1 aliphatic rings. The van der Waals surface area contributed by atoms with Crippen molar-refractivity contribution in [3.05, 3.63) is 84.2 Å². The first-order valence-corrected chi connectivity index (χ1v) is 11.9. The number of anilines is 1. The third-order valence-corrected chi connectivity index (χ3v) is 7.04. The number of primary amides is 1. The van der Waals surface area contributed by atoms with Gasteiger partial charge in [-0.1, -0.05) is 36.0 Å². The van der Waals surface area contributed by atoms with Crippen LogP contribution in [0.15, 0.2) is 82.6 Å². The van der Waals surface area contributed by atoms with Crippen molar-refractivity contribution in [2.45, 2.75) is 16.3 Å². The number of fused-ring (bicyclic) bond motifs is 1. The summed E-state index contributed by atoms with van der Waals surface area (Å²) >= 11 is 1.54. The summed E-state index contributed by atoms with van der Waals surface area (Å²) in [6.45, 7) is 4.45. The van der Waals surface area contributed by atoms with E-state index in [0.29, 0.717) is 5.88 Å². The standard InChI is InChI=1S/C26H25FN4O2S/c27-19-7-9-20(10-8-19)31-14-12-30(13-15-31)17-18-6-11-23-22(16-18)24(25(29-23)33-26(28)32)34-21-4-2-1-3-5-21/h1-11,16,29H,12-15,17H2,(H2,28,32). The summed E-state index contributed by atoms with van der Waals surface area (Å²) in [6, 6.07) is 22.9. The van der Waals surface area contributed by atoms with Gasteiger partial charge in [-0.2, -0.15) is 0 Å². The van der Waals surface area contributed by atoms with E-state index in [-0.39, 0.29) is 5.82 Å². The van der Waals surface area contributed by atoms with Gasteiger partial charge in [0.15, 0.2) is 0 Å². The molecule has 0 atom stereocenters. The Hall–Kier alpha value is -3.49. The average molecular weight is 477 g/mol. The Bertz CT molecular complexity index is 1290. The maximum atomic E-state index is 13.2. The Morgan fingerprint density at radius 3 is 2.44 bits per heavy atom. The molecule has 0 bridgehead atoms. The van der Waals surface area contributed by atoms with Crippen molar-refractivity contribution in [2.24, 2.45) is 5.73 Å². The second kappa shape index (κ2) is 9.79. The zero-order valence-corrected chi connectivity index (χ0v) is 19.4. The number of carbonyl (C=O) groups excluding carboxylic acids is 1. The molecular weight excluding hydrogens is 451 g/mol. The van der Waals surface area contributed by atoms with E-state index in [1.807, 2.05) is 48.5 Å². The summed E-state index contributed by atoms with van der Waals surface area (Å²) in [4.78, 5) is 21.2. The summed E-state index contributed by atoms with van der Waals surface area (Å²) in [5.74, 6) is 0.151. The molecule has 2 heterocycles. The van der Waals surface area contributed by atoms with Gasteiger partial charge in [0.2, 0.25) is 5.88 Å². The summed E-state index contributed by atoms with van der Waals surface area (Å²) in [5.41, 5.74) is 8.43. The van der Waals surface area contributed by atoms with Crippen LogP contribution < -0.4 is 15.4 Å². The minimum absolute atomic E-state index is 0.211. The molecule has 4 aromatic rings. The van der Waals surface area contributed by atoms with Crippen molar-refractivity contribution in [1.82, 2.24) is 9.88 Å². The zero-order chi connectivity index (χ0) is 23.5. The second-order valence-electron chi connectivity index (χ2n) is 8.24. The van der Waals surface area contributed by atoms with E-state index in [2.05, 4.69) is 26.9 Å². The number of aromatic nitrogens is 1. The topological polar surface area (TPSA) is 74.6 Å². The quantitative estimate of drug-likeness (QED) is 0.398. The van der Waals surface area contributed by atoms with Crippen molar-refractivity contribution in [2.75, 3.05) is 31.1 Å². The van der Waals surface area contributed by atoms with Gasteiger partial charge in [-0.3, -0.25) is 4.90 Å². The molecule has 1 aromatic heterocycles. The number of halogens is 1. The van der Waals surface area contributed by atoms with Gasteiger partial charge in [-0.25, -0.2) is 9.18 Å². The van der Waals surface area contributed by atoms with Crippen LogP contribution in [-0.4, -0.2) is 42.2 Å². The van der Waals surface area contributed by atoms with Crippen molar-refractivity contribution >= 4 is 34.4 Å². The first kappa shape index (κ1) is 22.3. The third kappa shape index (κ3) is 5.03. The molecule has 1 amide bonds. The summed E-state index contributed by atoms with van der Waals surface area (Å²) in [6.07, 6.45) is -0.847. The fourth-order valence-corrected chi connectivity index (χ4v) is 5.24. The molecule has 1 saturated heterocycles. The van der Waals surface area contributed by atoms with Crippen LogP contribution >= 0.6 is 11.8 Å². The molecule has 6 nitrogen and oxygen atoms in total. The van der Waals surface area contributed by atoms with Gasteiger partial charge < -0.3 is 20.4 Å². The van der Waals surface area contributed by atoms with E-state index in [1.54, 1.807) is 0 Å². The van der Waals surface area contributed by atoms with Crippen molar-refractivity contribution in [3.8, 4) is 5.88 Å². The van der Waals surface area contributed by atoms with Gasteiger partial charge in [0.25, 0.3) is 0 Å². The maximum absolute atomic E-state index is 13.2. The zero-order valence-electron chi connectivity index (χ0n) is 18.5. The molecular formula is C26H25FN4O2S. The summed E-state index contributed by atoms with van der Waals surface area (Å²) in [7, 11) is 0. The highest BCUT2D eigenvalue weighted by Crippen LogP contribution is 2.41. The molecule has 34 heavy (non-hydrogen) atoms.